The first-order valence-electron chi connectivity index (χ1n) is 7.08. The van der Waals surface area contributed by atoms with Gasteiger partial charge in [0.15, 0.2) is 18.5 Å². The lowest BCUT2D eigenvalue weighted by Crippen LogP contribution is -2.66. The molecule has 0 saturated carbocycles. The van der Waals surface area contributed by atoms with Crippen LogP contribution in [-0.2, 0) is 38.1 Å². The first kappa shape index (κ1) is 19.3. The number of methoxy groups -OCH3 is 2. The van der Waals surface area contributed by atoms with E-state index >= 15 is 0 Å². The van der Waals surface area contributed by atoms with Gasteiger partial charge in [-0.1, -0.05) is 0 Å². The average molecular weight is 333 g/mol. The highest BCUT2D eigenvalue weighted by Crippen LogP contribution is 2.27. The number of hydrogen-bond acceptors (Lipinski definition) is 8. The molecule has 1 aliphatic heterocycles. The fourth-order valence-electron chi connectivity index (χ4n) is 2.46. The molecule has 0 bridgehead atoms. The maximum Gasteiger partial charge on any atom is 0.303 e. The molecule has 0 aromatic rings. The molecular weight excluding hydrogens is 310 g/mol. The Morgan fingerprint density at radius 1 is 1.00 bits per heavy atom. The van der Waals surface area contributed by atoms with E-state index in [-0.39, 0.29) is 12.5 Å². The third-order valence-corrected chi connectivity index (χ3v) is 3.18. The van der Waals surface area contributed by atoms with Gasteiger partial charge in [0.25, 0.3) is 0 Å². The van der Waals surface area contributed by atoms with Crippen LogP contribution in [0.1, 0.15) is 20.8 Å². The van der Waals surface area contributed by atoms with E-state index < -0.39 is 42.6 Å². The van der Waals surface area contributed by atoms with Crippen molar-refractivity contribution in [1.29, 1.82) is 0 Å². The zero-order valence-corrected chi connectivity index (χ0v) is 13.9. The van der Waals surface area contributed by atoms with Crippen LogP contribution in [0.15, 0.2) is 0 Å². The first-order valence-corrected chi connectivity index (χ1v) is 7.08. The highest BCUT2D eigenvalue weighted by Gasteiger charge is 2.50. The van der Waals surface area contributed by atoms with Gasteiger partial charge in [-0.15, -0.1) is 0 Å². The summed E-state index contributed by atoms with van der Waals surface area (Å²) < 4.78 is 26.5. The molecule has 0 spiro atoms. The number of esters is 2. The van der Waals surface area contributed by atoms with Crippen LogP contribution in [0.25, 0.3) is 0 Å². The van der Waals surface area contributed by atoms with Crippen molar-refractivity contribution < 1.29 is 38.1 Å². The lowest BCUT2D eigenvalue weighted by Gasteiger charge is -2.44. The average Bonchev–Trinajstić information content (AvgIpc) is 2.43. The van der Waals surface area contributed by atoms with Crippen LogP contribution in [0.5, 0.6) is 0 Å². The van der Waals surface area contributed by atoms with Crippen LogP contribution < -0.4 is 5.32 Å². The maximum absolute atomic E-state index is 11.4. The van der Waals surface area contributed by atoms with Crippen molar-refractivity contribution in [3.63, 3.8) is 0 Å². The van der Waals surface area contributed by atoms with E-state index in [0.717, 1.165) is 0 Å². The molecule has 0 unspecified atom stereocenters. The second-order valence-corrected chi connectivity index (χ2v) is 5.11. The van der Waals surface area contributed by atoms with Crippen molar-refractivity contribution in [1.82, 2.24) is 5.32 Å². The van der Waals surface area contributed by atoms with Crippen LogP contribution in [0.4, 0.5) is 0 Å². The SMILES string of the molecule is COC[C@H]1O[C@H](OC)[C@H](NC(C)=O)[C@@H](OC(C)=O)[C@H]1OC(C)=O. The van der Waals surface area contributed by atoms with Crippen molar-refractivity contribution >= 4 is 17.8 Å². The summed E-state index contributed by atoms with van der Waals surface area (Å²) in [5.41, 5.74) is 0. The summed E-state index contributed by atoms with van der Waals surface area (Å²) in [4.78, 5) is 34.3. The number of carbonyl (C=O) groups is 3. The van der Waals surface area contributed by atoms with Crippen LogP contribution >= 0.6 is 0 Å². The minimum absolute atomic E-state index is 0.0857. The summed E-state index contributed by atoms with van der Waals surface area (Å²) in [6, 6.07) is -0.834. The predicted octanol–water partition coefficient (Wildman–Crippen LogP) is -0.628. The Bertz CT molecular complexity index is 440. The highest BCUT2D eigenvalue weighted by atomic mass is 16.7. The molecule has 132 valence electrons. The summed E-state index contributed by atoms with van der Waals surface area (Å²) in [5.74, 6) is -1.53. The second kappa shape index (κ2) is 8.80. The van der Waals surface area contributed by atoms with E-state index in [1.165, 1.54) is 35.0 Å². The topological polar surface area (TPSA) is 109 Å². The van der Waals surface area contributed by atoms with E-state index in [2.05, 4.69) is 5.32 Å². The molecule has 23 heavy (non-hydrogen) atoms. The standard InChI is InChI=1S/C14H23NO8/c1-7(16)15-11-13(22-9(3)18)12(21-8(2)17)10(6-19-4)23-14(11)20-5/h10-14H,6H2,1-5H3,(H,15,16)/t10-,11-,12+,13-,14+/m1/s1. The predicted molar refractivity (Wildman–Crippen MR) is 76.3 cm³/mol. The number of nitrogens with one attached hydrogen (secondary N) is 1. The monoisotopic (exact) mass is 333 g/mol. The van der Waals surface area contributed by atoms with Gasteiger partial charge in [0.1, 0.15) is 12.1 Å². The van der Waals surface area contributed by atoms with Crippen molar-refractivity contribution in [2.24, 2.45) is 0 Å². The van der Waals surface area contributed by atoms with E-state index in [0.29, 0.717) is 0 Å². The Morgan fingerprint density at radius 3 is 2.00 bits per heavy atom. The number of ether oxygens (including phenoxy) is 5. The smallest absolute Gasteiger partial charge is 0.303 e. The van der Waals surface area contributed by atoms with Crippen LogP contribution in [0.3, 0.4) is 0 Å². The van der Waals surface area contributed by atoms with Crippen LogP contribution in [0.2, 0.25) is 0 Å². The molecule has 0 radical (unpaired) electrons. The fraction of sp³-hybridized carbons (Fsp3) is 0.786. The van der Waals surface area contributed by atoms with E-state index in [1.54, 1.807) is 0 Å². The lowest BCUT2D eigenvalue weighted by molar-refractivity contribution is -0.271. The molecule has 1 aliphatic rings. The maximum atomic E-state index is 11.4. The Morgan fingerprint density at radius 2 is 1.57 bits per heavy atom. The largest absolute Gasteiger partial charge is 0.456 e. The number of rotatable bonds is 6. The summed E-state index contributed by atoms with van der Waals surface area (Å²) in [5, 5.41) is 2.61. The molecule has 0 aliphatic carbocycles. The van der Waals surface area contributed by atoms with Crippen molar-refractivity contribution in [2.45, 2.75) is 51.4 Å². The summed E-state index contributed by atoms with van der Waals surface area (Å²) >= 11 is 0. The first-order chi connectivity index (χ1) is 10.8. The molecule has 9 heteroatoms. The Balaban J connectivity index is 3.16. The third kappa shape index (κ3) is 5.45. The van der Waals surface area contributed by atoms with Crippen LogP contribution in [-0.4, -0.2) is 69.3 Å². The fourth-order valence-corrected chi connectivity index (χ4v) is 2.46. The molecule has 1 heterocycles. The molecule has 1 amide bonds. The molecule has 9 nitrogen and oxygen atoms in total. The number of amides is 1. The molecular formula is C14H23NO8. The molecule has 1 saturated heterocycles. The van der Waals surface area contributed by atoms with E-state index in [9.17, 15) is 14.4 Å². The molecule has 5 atom stereocenters. The quantitative estimate of drug-likeness (QED) is 0.640. The minimum atomic E-state index is -0.973. The van der Waals surface area contributed by atoms with Crippen molar-refractivity contribution in [3.05, 3.63) is 0 Å². The Labute approximate surface area is 134 Å². The normalized spacial score (nSPS) is 30.4. The van der Waals surface area contributed by atoms with Gasteiger partial charge < -0.3 is 29.0 Å². The molecule has 0 aromatic heterocycles. The summed E-state index contributed by atoms with van der Waals surface area (Å²) in [7, 11) is 2.84. The number of hydrogen-bond donors (Lipinski definition) is 1. The Kier molecular flexibility index (Phi) is 7.40. The van der Waals surface area contributed by atoms with Gasteiger partial charge >= 0.3 is 11.9 Å². The van der Waals surface area contributed by atoms with Gasteiger partial charge in [0.2, 0.25) is 5.91 Å². The highest BCUT2D eigenvalue weighted by molar-refractivity contribution is 5.73. The van der Waals surface area contributed by atoms with Gasteiger partial charge in [-0.25, -0.2) is 0 Å². The number of carbonyl (C=O) groups excluding carboxylic acids is 3. The molecule has 1 fully saturated rings. The minimum Gasteiger partial charge on any atom is -0.456 e. The van der Waals surface area contributed by atoms with Crippen molar-refractivity contribution in [2.75, 3.05) is 20.8 Å². The summed E-state index contributed by atoms with van der Waals surface area (Å²) in [6.07, 6.45) is -3.53. The van der Waals surface area contributed by atoms with Gasteiger partial charge in [0.05, 0.1) is 6.61 Å². The third-order valence-electron chi connectivity index (χ3n) is 3.18. The molecule has 1 rings (SSSR count). The van der Waals surface area contributed by atoms with E-state index in [4.69, 9.17) is 23.7 Å². The van der Waals surface area contributed by atoms with Gasteiger partial charge in [0, 0.05) is 35.0 Å². The zero-order valence-electron chi connectivity index (χ0n) is 13.9. The molecule has 1 N–H and O–H groups in total. The zero-order chi connectivity index (χ0) is 17.6. The second-order valence-electron chi connectivity index (χ2n) is 5.11. The lowest BCUT2D eigenvalue weighted by atomic mass is 9.96. The van der Waals surface area contributed by atoms with Crippen molar-refractivity contribution in [3.8, 4) is 0 Å². The summed E-state index contributed by atoms with van der Waals surface area (Å²) in [6.45, 7) is 3.84. The Hall–Kier alpha value is -1.71. The van der Waals surface area contributed by atoms with Gasteiger partial charge in [-0.05, 0) is 0 Å². The van der Waals surface area contributed by atoms with Gasteiger partial charge in [-0.3, -0.25) is 14.4 Å². The van der Waals surface area contributed by atoms with Crippen LogP contribution in [0, 0.1) is 0 Å². The van der Waals surface area contributed by atoms with E-state index in [1.807, 2.05) is 0 Å². The van der Waals surface area contributed by atoms with Gasteiger partial charge in [-0.2, -0.15) is 0 Å². The molecule has 0 aromatic carbocycles.